The van der Waals surface area contributed by atoms with E-state index in [0.717, 1.165) is 10.1 Å². The molecule has 0 aliphatic carbocycles. The fourth-order valence-corrected chi connectivity index (χ4v) is 4.77. The van der Waals surface area contributed by atoms with Gasteiger partial charge in [0, 0.05) is 10.6 Å². The van der Waals surface area contributed by atoms with Crippen LogP contribution in [0.4, 0.5) is 5.13 Å². The van der Waals surface area contributed by atoms with Gasteiger partial charge >= 0.3 is 5.63 Å². The molecule has 0 unspecified atom stereocenters. The van der Waals surface area contributed by atoms with Crippen LogP contribution < -0.4 is 10.9 Å². The van der Waals surface area contributed by atoms with Gasteiger partial charge in [0.15, 0.2) is 10.1 Å². The zero-order chi connectivity index (χ0) is 17.9. The highest BCUT2D eigenvalue weighted by atomic mass is 32.2. The number of carbonyl (C=O) groups excluding carboxylic acids is 1. The summed E-state index contributed by atoms with van der Waals surface area (Å²) in [7, 11) is 0. The van der Waals surface area contributed by atoms with Crippen molar-refractivity contribution in [2.24, 2.45) is 0 Å². The van der Waals surface area contributed by atoms with Gasteiger partial charge in [-0.1, -0.05) is 47.4 Å². The molecule has 0 fully saturated rings. The van der Waals surface area contributed by atoms with Crippen molar-refractivity contribution in [1.82, 2.24) is 10.2 Å². The lowest BCUT2D eigenvalue weighted by atomic mass is 10.1. The molecule has 26 heavy (non-hydrogen) atoms. The van der Waals surface area contributed by atoms with Crippen molar-refractivity contribution in [2.75, 3.05) is 5.32 Å². The molecule has 1 amide bonds. The predicted molar refractivity (Wildman–Crippen MR) is 104 cm³/mol. The molecule has 1 N–H and O–H groups in total. The molecule has 4 aromatic rings. The second kappa shape index (κ2) is 7.40. The van der Waals surface area contributed by atoms with Crippen molar-refractivity contribution >= 4 is 56.2 Å². The highest BCUT2D eigenvalue weighted by Crippen LogP contribution is 2.29. The molecule has 0 aliphatic heterocycles. The van der Waals surface area contributed by atoms with Crippen LogP contribution in [0, 0.1) is 0 Å². The highest BCUT2D eigenvalue weighted by Gasteiger charge is 2.15. The molecule has 1 aromatic carbocycles. The van der Waals surface area contributed by atoms with Crippen LogP contribution in [0.1, 0.15) is 15.4 Å². The summed E-state index contributed by atoms with van der Waals surface area (Å²) >= 11 is 4.52. The molecule has 0 aliphatic rings. The lowest BCUT2D eigenvalue weighted by Crippen LogP contribution is -2.14. The van der Waals surface area contributed by atoms with Gasteiger partial charge in [0.25, 0.3) is 5.91 Å². The average Bonchev–Trinajstić information content (AvgIpc) is 3.31. The van der Waals surface area contributed by atoms with E-state index in [1.54, 1.807) is 53.4 Å². The summed E-state index contributed by atoms with van der Waals surface area (Å²) in [5.41, 5.74) is -0.544. The van der Waals surface area contributed by atoms with E-state index in [9.17, 15) is 9.59 Å². The minimum Gasteiger partial charge on any atom is -0.417 e. The third-order valence-electron chi connectivity index (χ3n) is 3.44. The number of rotatable bonds is 5. The first kappa shape index (κ1) is 17.0. The highest BCUT2D eigenvalue weighted by molar-refractivity contribution is 8.00. The Bertz CT molecular complexity index is 1120. The summed E-state index contributed by atoms with van der Waals surface area (Å²) in [5.74, 6) is 0.218. The van der Waals surface area contributed by atoms with Gasteiger partial charge in [-0.25, -0.2) is 4.79 Å². The first-order valence-corrected chi connectivity index (χ1v) is 10.2. The number of aromatic nitrogens is 2. The fourth-order valence-electron chi connectivity index (χ4n) is 2.25. The predicted octanol–water partition coefficient (Wildman–Crippen LogP) is 4.25. The monoisotopic (exact) mass is 401 g/mol. The van der Waals surface area contributed by atoms with Crippen LogP contribution in [0.2, 0.25) is 0 Å². The second-order valence-electron chi connectivity index (χ2n) is 5.18. The van der Waals surface area contributed by atoms with Crippen LogP contribution in [0.15, 0.2) is 61.4 Å². The Morgan fingerprint density at radius 3 is 2.92 bits per heavy atom. The number of thiophene rings is 1. The summed E-state index contributed by atoms with van der Waals surface area (Å²) in [6.45, 7) is 0. The molecule has 4 rings (SSSR count). The SMILES string of the molecule is O=C(Nc1nnc(SCc2cccs2)s1)c1cc2ccccc2c(=O)o1. The molecule has 3 heterocycles. The molecule has 9 heteroatoms. The second-order valence-corrected chi connectivity index (χ2v) is 8.41. The average molecular weight is 401 g/mol. The summed E-state index contributed by atoms with van der Waals surface area (Å²) in [4.78, 5) is 25.6. The van der Waals surface area contributed by atoms with Crippen molar-refractivity contribution in [3.8, 4) is 0 Å². The number of anilines is 1. The van der Waals surface area contributed by atoms with Crippen molar-refractivity contribution in [2.45, 2.75) is 10.1 Å². The Morgan fingerprint density at radius 1 is 1.19 bits per heavy atom. The molecular weight excluding hydrogens is 390 g/mol. The number of thioether (sulfide) groups is 1. The fraction of sp³-hybridized carbons (Fsp3) is 0.0588. The maximum absolute atomic E-state index is 12.4. The number of amides is 1. The molecule has 0 saturated heterocycles. The third-order valence-corrected chi connectivity index (χ3v) is 6.52. The topological polar surface area (TPSA) is 85.1 Å². The maximum atomic E-state index is 12.4. The van der Waals surface area contributed by atoms with Gasteiger partial charge in [-0.15, -0.1) is 21.5 Å². The molecule has 0 spiro atoms. The lowest BCUT2D eigenvalue weighted by molar-refractivity contribution is 0.0993. The van der Waals surface area contributed by atoms with Gasteiger partial charge in [-0.05, 0) is 29.0 Å². The minimum atomic E-state index is -0.544. The van der Waals surface area contributed by atoms with Crippen LogP contribution in [-0.2, 0) is 5.75 Å². The quantitative estimate of drug-likeness (QED) is 0.397. The Kier molecular flexibility index (Phi) is 4.83. The summed E-state index contributed by atoms with van der Waals surface area (Å²) in [5, 5.41) is 14.1. The van der Waals surface area contributed by atoms with Crippen LogP contribution in [0.3, 0.4) is 0 Å². The van der Waals surface area contributed by atoms with E-state index in [4.69, 9.17) is 4.42 Å². The van der Waals surface area contributed by atoms with Crippen LogP contribution >= 0.6 is 34.4 Å². The standard InChI is InChI=1S/C17H11N3O3S3/c21-14(13-8-10-4-1-2-6-12(10)15(22)23-13)18-16-19-20-17(26-16)25-9-11-5-3-7-24-11/h1-8H,9H2,(H,18,19,21). The smallest absolute Gasteiger partial charge is 0.344 e. The van der Waals surface area contributed by atoms with Crippen molar-refractivity contribution in [3.05, 3.63) is 68.9 Å². The lowest BCUT2D eigenvalue weighted by Gasteiger charge is -2.01. The van der Waals surface area contributed by atoms with Gasteiger partial charge in [0.05, 0.1) is 5.39 Å². The van der Waals surface area contributed by atoms with E-state index >= 15 is 0 Å². The van der Waals surface area contributed by atoms with Gasteiger partial charge in [0.1, 0.15) is 0 Å². The summed E-state index contributed by atoms with van der Waals surface area (Å²) < 4.78 is 5.87. The number of nitrogens with zero attached hydrogens (tertiary/aromatic N) is 2. The van der Waals surface area contributed by atoms with Gasteiger partial charge in [-0.3, -0.25) is 10.1 Å². The van der Waals surface area contributed by atoms with Crippen LogP contribution in [-0.4, -0.2) is 16.1 Å². The number of hydrogen-bond acceptors (Lipinski definition) is 8. The van der Waals surface area contributed by atoms with E-state index in [2.05, 4.69) is 21.6 Å². The van der Waals surface area contributed by atoms with E-state index in [-0.39, 0.29) is 5.76 Å². The molecule has 130 valence electrons. The van der Waals surface area contributed by atoms with E-state index in [1.165, 1.54) is 16.2 Å². The molecular formula is C17H11N3O3S3. The maximum Gasteiger partial charge on any atom is 0.344 e. The van der Waals surface area contributed by atoms with Gasteiger partial charge < -0.3 is 4.42 Å². The largest absolute Gasteiger partial charge is 0.417 e. The van der Waals surface area contributed by atoms with Gasteiger partial charge in [-0.2, -0.15) is 0 Å². The molecule has 3 aromatic heterocycles. The molecule has 0 bridgehead atoms. The van der Waals surface area contributed by atoms with Crippen molar-refractivity contribution < 1.29 is 9.21 Å². The number of benzene rings is 1. The normalized spacial score (nSPS) is 10.9. The van der Waals surface area contributed by atoms with E-state index < -0.39 is 11.5 Å². The third kappa shape index (κ3) is 3.69. The van der Waals surface area contributed by atoms with Crippen molar-refractivity contribution in [1.29, 1.82) is 0 Å². The zero-order valence-electron chi connectivity index (χ0n) is 13.2. The minimum absolute atomic E-state index is 0.0586. The zero-order valence-corrected chi connectivity index (χ0v) is 15.6. The number of hydrogen-bond donors (Lipinski definition) is 1. The van der Waals surface area contributed by atoms with Crippen molar-refractivity contribution in [3.63, 3.8) is 0 Å². The van der Waals surface area contributed by atoms with Gasteiger partial charge in [0.2, 0.25) is 5.13 Å². The molecule has 0 saturated carbocycles. The Labute approximate surface area is 159 Å². The Morgan fingerprint density at radius 2 is 2.08 bits per heavy atom. The van der Waals surface area contributed by atoms with Crippen LogP contribution in [0.5, 0.6) is 0 Å². The molecule has 0 atom stereocenters. The summed E-state index contributed by atoms with van der Waals surface area (Å²) in [6.07, 6.45) is 0. The van der Waals surface area contributed by atoms with E-state index in [0.29, 0.717) is 15.9 Å². The van der Waals surface area contributed by atoms with Crippen LogP contribution in [0.25, 0.3) is 10.8 Å². The van der Waals surface area contributed by atoms with E-state index in [1.807, 2.05) is 11.4 Å². The Balaban J connectivity index is 1.47. The first-order chi connectivity index (χ1) is 12.7. The number of fused-ring (bicyclic) bond motifs is 1. The Hall–Kier alpha value is -2.49. The molecule has 6 nitrogen and oxygen atoms in total. The number of nitrogens with one attached hydrogen (secondary N) is 1. The number of carbonyl (C=O) groups is 1. The first-order valence-electron chi connectivity index (χ1n) is 7.52. The summed E-state index contributed by atoms with van der Waals surface area (Å²) in [6, 6.07) is 12.6. The molecule has 0 radical (unpaired) electrons.